The number of rotatable bonds is 4. The summed E-state index contributed by atoms with van der Waals surface area (Å²) in [7, 11) is 0. The van der Waals surface area contributed by atoms with Crippen LogP contribution in [0.5, 0.6) is 0 Å². The molecule has 0 bridgehead atoms. The van der Waals surface area contributed by atoms with Crippen LogP contribution in [0.4, 0.5) is 4.39 Å². The number of Topliss-reactive ketones (excluding diaryl/α,β-unsaturated/α-hetero) is 1. The lowest BCUT2D eigenvalue weighted by Crippen LogP contribution is -2.11. The number of allylic oxidation sites excluding steroid dienone is 1. The number of nitrogens with one attached hydrogen (secondary N) is 1. The van der Waals surface area contributed by atoms with Gasteiger partial charge >= 0.3 is 0 Å². The van der Waals surface area contributed by atoms with Crippen molar-refractivity contribution in [2.24, 2.45) is 0 Å². The highest BCUT2D eigenvalue weighted by atomic mass is 32.2. The normalized spacial score (nSPS) is 18.6. The summed E-state index contributed by atoms with van der Waals surface area (Å²) in [6.45, 7) is 1.97. The summed E-state index contributed by atoms with van der Waals surface area (Å²) in [5.74, 6) is -0.0621. The maximum atomic E-state index is 13.0. The molecule has 0 aliphatic carbocycles. The van der Waals surface area contributed by atoms with E-state index in [2.05, 4.69) is 10.2 Å². The van der Waals surface area contributed by atoms with Gasteiger partial charge in [-0.1, -0.05) is 18.7 Å². The standard InChI is InChI=1S/C19H14FN3O2S2/c1-2-15-22-23-19(27-15)16-17(24)14(26-18(16)21)9-12-7-8-13(25-12)10-3-5-11(20)6-4-10/h3-9,16,21H,2H2,1H3. The molecule has 0 amide bonds. The Kier molecular flexibility index (Phi) is 4.75. The molecule has 3 aromatic rings. The number of aryl methyl sites for hydroxylation is 1. The van der Waals surface area contributed by atoms with Crippen LogP contribution in [0.3, 0.4) is 0 Å². The number of aromatic nitrogens is 2. The average molecular weight is 399 g/mol. The summed E-state index contributed by atoms with van der Waals surface area (Å²) in [4.78, 5) is 13.2. The first-order valence-electron chi connectivity index (χ1n) is 8.25. The summed E-state index contributed by atoms with van der Waals surface area (Å²) in [5.41, 5.74) is 0.748. The number of furan rings is 1. The number of ketones is 1. The van der Waals surface area contributed by atoms with Gasteiger partial charge in [0.1, 0.15) is 33.3 Å². The van der Waals surface area contributed by atoms with Gasteiger partial charge in [0.15, 0.2) is 5.78 Å². The molecule has 2 aromatic heterocycles. The van der Waals surface area contributed by atoms with Gasteiger partial charge in [0, 0.05) is 5.56 Å². The Balaban J connectivity index is 1.58. The molecule has 1 aliphatic heterocycles. The average Bonchev–Trinajstić information content (AvgIpc) is 3.36. The van der Waals surface area contributed by atoms with Crippen LogP contribution in [0.25, 0.3) is 17.4 Å². The minimum absolute atomic E-state index is 0.163. The van der Waals surface area contributed by atoms with E-state index in [1.54, 1.807) is 30.3 Å². The first-order chi connectivity index (χ1) is 13.0. The zero-order valence-corrected chi connectivity index (χ0v) is 15.9. The second-order valence-corrected chi connectivity index (χ2v) is 8.05. The molecule has 0 spiro atoms. The van der Waals surface area contributed by atoms with Crippen molar-refractivity contribution in [3.63, 3.8) is 0 Å². The van der Waals surface area contributed by atoms with Crippen molar-refractivity contribution in [3.05, 3.63) is 62.9 Å². The topological polar surface area (TPSA) is 79.8 Å². The fourth-order valence-electron chi connectivity index (χ4n) is 2.67. The van der Waals surface area contributed by atoms with Crippen LogP contribution >= 0.6 is 23.1 Å². The van der Waals surface area contributed by atoms with Crippen LogP contribution in [0, 0.1) is 11.2 Å². The molecule has 1 aromatic carbocycles. The summed E-state index contributed by atoms with van der Waals surface area (Å²) < 4.78 is 18.8. The van der Waals surface area contributed by atoms with Gasteiger partial charge in [-0.25, -0.2) is 4.39 Å². The molecule has 5 nitrogen and oxygen atoms in total. The quantitative estimate of drug-likeness (QED) is 0.630. The second-order valence-electron chi connectivity index (χ2n) is 5.87. The van der Waals surface area contributed by atoms with Crippen molar-refractivity contribution in [2.45, 2.75) is 19.3 Å². The number of thioether (sulfide) groups is 1. The maximum Gasteiger partial charge on any atom is 0.186 e. The predicted octanol–water partition coefficient (Wildman–Crippen LogP) is 4.92. The number of carbonyl (C=O) groups is 1. The van der Waals surface area contributed by atoms with Crippen molar-refractivity contribution < 1.29 is 13.6 Å². The van der Waals surface area contributed by atoms with Gasteiger partial charge in [-0.3, -0.25) is 10.2 Å². The first-order valence-corrected chi connectivity index (χ1v) is 9.88. The molecule has 8 heteroatoms. The Morgan fingerprint density at radius 1 is 1.22 bits per heavy atom. The molecule has 3 heterocycles. The minimum Gasteiger partial charge on any atom is -0.457 e. The Morgan fingerprint density at radius 2 is 2.00 bits per heavy atom. The van der Waals surface area contributed by atoms with Crippen LogP contribution in [0.2, 0.25) is 0 Å². The minimum atomic E-state index is -0.675. The van der Waals surface area contributed by atoms with Gasteiger partial charge in [0.2, 0.25) is 0 Å². The van der Waals surface area contributed by atoms with Gasteiger partial charge in [-0.15, -0.1) is 21.5 Å². The van der Waals surface area contributed by atoms with Crippen LogP contribution in [-0.4, -0.2) is 21.0 Å². The smallest absolute Gasteiger partial charge is 0.186 e. The third-order valence-corrected chi connectivity index (χ3v) is 6.17. The van der Waals surface area contributed by atoms with Crippen molar-refractivity contribution in [2.75, 3.05) is 0 Å². The lowest BCUT2D eigenvalue weighted by molar-refractivity contribution is -0.114. The van der Waals surface area contributed by atoms with Crippen LogP contribution in [0.1, 0.15) is 28.6 Å². The monoisotopic (exact) mass is 399 g/mol. The van der Waals surface area contributed by atoms with Gasteiger partial charge in [-0.05, 0) is 48.9 Å². The van der Waals surface area contributed by atoms with E-state index in [9.17, 15) is 9.18 Å². The summed E-state index contributed by atoms with van der Waals surface area (Å²) in [6.07, 6.45) is 2.39. The molecular formula is C19H14FN3O2S2. The fourth-order valence-corrected chi connectivity index (χ4v) is 4.60. The van der Waals surface area contributed by atoms with E-state index in [1.165, 1.54) is 23.5 Å². The molecule has 1 N–H and O–H groups in total. The highest BCUT2D eigenvalue weighted by Gasteiger charge is 2.39. The van der Waals surface area contributed by atoms with E-state index in [0.717, 1.165) is 28.8 Å². The molecule has 1 aliphatic rings. The SMILES string of the molecule is CCc1nnc(C2C(=N)SC(=Cc3ccc(-c4ccc(F)cc4)o3)C2=O)s1. The number of halogens is 1. The fraction of sp³-hybridized carbons (Fsp3) is 0.158. The van der Waals surface area contributed by atoms with E-state index in [1.807, 2.05) is 6.92 Å². The third kappa shape index (κ3) is 3.50. The summed E-state index contributed by atoms with van der Waals surface area (Å²) in [5, 5.41) is 17.9. The van der Waals surface area contributed by atoms with E-state index in [4.69, 9.17) is 9.83 Å². The van der Waals surface area contributed by atoms with Crippen molar-refractivity contribution in [3.8, 4) is 11.3 Å². The number of carbonyl (C=O) groups excluding carboxylic acids is 1. The lowest BCUT2D eigenvalue weighted by Gasteiger charge is -2.00. The maximum absolute atomic E-state index is 13.0. The van der Waals surface area contributed by atoms with E-state index >= 15 is 0 Å². The van der Waals surface area contributed by atoms with Crippen molar-refractivity contribution in [1.82, 2.24) is 10.2 Å². The second kappa shape index (κ2) is 7.21. The Hall–Kier alpha value is -2.58. The highest BCUT2D eigenvalue weighted by Crippen LogP contribution is 2.41. The molecule has 0 radical (unpaired) electrons. The molecule has 1 fully saturated rings. The number of hydrogen-bond donors (Lipinski definition) is 1. The summed E-state index contributed by atoms with van der Waals surface area (Å²) in [6, 6.07) is 9.51. The van der Waals surface area contributed by atoms with Gasteiger partial charge in [0.25, 0.3) is 0 Å². The Labute approximate surface area is 162 Å². The molecule has 1 unspecified atom stereocenters. The van der Waals surface area contributed by atoms with Gasteiger partial charge < -0.3 is 4.42 Å². The van der Waals surface area contributed by atoms with E-state index < -0.39 is 5.92 Å². The van der Waals surface area contributed by atoms with Gasteiger partial charge in [0.05, 0.1) is 9.95 Å². The first kappa shape index (κ1) is 17.8. The lowest BCUT2D eigenvalue weighted by atomic mass is 10.1. The zero-order valence-electron chi connectivity index (χ0n) is 14.2. The van der Waals surface area contributed by atoms with Crippen molar-refractivity contribution in [1.29, 1.82) is 5.41 Å². The predicted molar refractivity (Wildman–Crippen MR) is 104 cm³/mol. The van der Waals surface area contributed by atoms with Gasteiger partial charge in [-0.2, -0.15) is 0 Å². The molecule has 0 saturated carbocycles. The summed E-state index contributed by atoms with van der Waals surface area (Å²) >= 11 is 2.49. The zero-order chi connectivity index (χ0) is 19.0. The number of hydrogen-bond acceptors (Lipinski definition) is 7. The number of nitrogens with zero attached hydrogens (tertiary/aromatic N) is 2. The molecule has 136 valence electrons. The van der Waals surface area contributed by atoms with Crippen LogP contribution in [0.15, 0.2) is 45.7 Å². The molecular weight excluding hydrogens is 385 g/mol. The largest absolute Gasteiger partial charge is 0.457 e. The highest BCUT2D eigenvalue weighted by molar-refractivity contribution is 8.19. The van der Waals surface area contributed by atoms with E-state index in [-0.39, 0.29) is 16.6 Å². The molecule has 1 saturated heterocycles. The third-order valence-electron chi connectivity index (χ3n) is 4.05. The van der Waals surface area contributed by atoms with Crippen molar-refractivity contribution >= 4 is 40.0 Å². The number of benzene rings is 1. The molecule has 27 heavy (non-hydrogen) atoms. The Bertz CT molecular complexity index is 1050. The van der Waals surface area contributed by atoms with E-state index in [0.29, 0.717) is 21.4 Å². The Morgan fingerprint density at radius 3 is 2.70 bits per heavy atom. The van der Waals surface area contributed by atoms with Crippen LogP contribution < -0.4 is 0 Å². The molecule has 1 atom stereocenters. The van der Waals surface area contributed by atoms with Crippen LogP contribution in [-0.2, 0) is 11.2 Å². The molecule has 4 rings (SSSR count).